The summed E-state index contributed by atoms with van der Waals surface area (Å²) in [5.74, 6) is -0.774. The van der Waals surface area contributed by atoms with Gasteiger partial charge in [0.25, 0.3) is 5.91 Å². The van der Waals surface area contributed by atoms with Gasteiger partial charge in [-0.2, -0.15) is 0 Å². The summed E-state index contributed by atoms with van der Waals surface area (Å²) >= 11 is 0. The fraction of sp³-hybridized carbons (Fsp3) is 0.364. The molecule has 1 N–H and O–H groups in total. The van der Waals surface area contributed by atoms with Crippen LogP contribution < -0.4 is 9.64 Å². The van der Waals surface area contributed by atoms with Gasteiger partial charge < -0.3 is 14.7 Å². The fourth-order valence-corrected chi connectivity index (χ4v) is 3.15. The summed E-state index contributed by atoms with van der Waals surface area (Å²) in [5.41, 5.74) is 1.95. The number of benzene rings is 2. The second kappa shape index (κ2) is 6.41. The molecule has 142 valence electrons. The third-order valence-corrected chi connectivity index (χ3v) is 4.78. The molecule has 0 fully saturated rings. The van der Waals surface area contributed by atoms with Crippen molar-refractivity contribution < 1.29 is 19.4 Å². The zero-order valence-corrected chi connectivity index (χ0v) is 16.4. The number of carbonyl (C=O) groups excluding carboxylic acids is 1. The zero-order valence-electron chi connectivity index (χ0n) is 16.4. The van der Waals surface area contributed by atoms with E-state index in [0.717, 1.165) is 5.56 Å². The highest BCUT2D eigenvalue weighted by Crippen LogP contribution is 2.39. The van der Waals surface area contributed by atoms with Gasteiger partial charge in [-0.05, 0) is 48.6 Å². The van der Waals surface area contributed by atoms with Crippen molar-refractivity contribution in [2.24, 2.45) is 0 Å². The molecule has 0 unspecified atom stereocenters. The normalized spacial score (nSPS) is 15.9. The molecule has 0 aliphatic carbocycles. The number of hydrogen-bond donors (Lipinski definition) is 1. The summed E-state index contributed by atoms with van der Waals surface area (Å²) in [6.45, 7) is 10.3. The first-order valence-corrected chi connectivity index (χ1v) is 8.97. The van der Waals surface area contributed by atoms with E-state index >= 15 is 0 Å². The molecule has 1 heterocycles. The molecule has 27 heavy (non-hydrogen) atoms. The lowest BCUT2D eigenvalue weighted by molar-refractivity contribution is -0.132. The molecule has 3 rings (SSSR count). The van der Waals surface area contributed by atoms with Crippen molar-refractivity contribution in [2.75, 3.05) is 4.90 Å². The van der Waals surface area contributed by atoms with Crippen molar-refractivity contribution in [2.45, 2.75) is 52.2 Å². The Kier molecular flexibility index (Phi) is 4.50. The summed E-state index contributed by atoms with van der Waals surface area (Å²) in [6, 6.07) is 12.8. The van der Waals surface area contributed by atoms with Crippen LogP contribution in [0.15, 0.2) is 42.5 Å². The second-order valence-electron chi connectivity index (χ2n) is 8.44. The van der Waals surface area contributed by atoms with E-state index in [4.69, 9.17) is 4.74 Å². The van der Waals surface area contributed by atoms with E-state index in [1.165, 1.54) is 17.7 Å². The second-order valence-corrected chi connectivity index (χ2v) is 8.44. The first kappa shape index (κ1) is 19.0. The van der Waals surface area contributed by atoms with Crippen LogP contribution in [0.2, 0.25) is 0 Å². The van der Waals surface area contributed by atoms with Crippen molar-refractivity contribution in [3.8, 4) is 5.75 Å². The maximum Gasteiger partial charge on any atom is 0.335 e. The number of fused-ring (bicyclic) bond motifs is 1. The quantitative estimate of drug-likeness (QED) is 0.874. The third-order valence-electron chi connectivity index (χ3n) is 4.78. The number of carboxylic acid groups (broad SMARTS) is 1. The highest BCUT2D eigenvalue weighted by atomic mass is 16.5. The van der Waals surface area contributed by atoms with E-state index in [0.29, 0.717) is 18.0 Å². The fourth-order valence-electron chi connectivity index (χ4n) is 3.15. The molecule has 0 saturated heterocycles. The number of hydrogen-bond acceptors (Lipinski definition) is 3. The molecule has 0 radical (unpaired) electrons. The first-order chi connectivity index (χ1) is 12.5. The van der Waals surface area contributed by atoms with Gasteiger partial charge in [0.1, 0.15) is 5.75 Å². The molecule has 1 aliphatic heterocycles. The molecule has 0 spiro atoms. The van der Waals surface area contributed by atoms with Crippen LogP contribution in [0.4, 0.5) is 5.69 Å². The summed E-state index contributed by atoms with van der Waals surface area (Å²) < 4.78 is 5.80. The summed E-state index contributed by atoms with van der Waals surface area (Å²) in [4.78, 5) is 25.9. The average molecular weight is 367 g/mol. The Morgan fingerprint density at radius 3 is 2.30 bits per heavy atom. The van der Waals surface area contributed by atoms with Crippen molar-refractivity contribution >= 4 is 17.6 Å². The Labute approximate surface area is 159 Å². The molecule has 5 nitrogen and oxygen atoms in total. The number of aromatic carboxylic acids is 1. The largest absolute Gasteiger partial charge is 0.478 e. The van der Waals surface area contributed by atoms with E-state index in [1.54, 1.807) is 24.8 Å². The van der Waals surface area contributed by atoms with Gasteiger partial charge in [0, 0.05) is 0 Å². The highest BCUT2D eigenvalue weighted by Gasteiger charge is 2.41. The highest BCUT2D eigenvalue weighted by molar-refractivity contribution is 6.03. The third kappa shape index (κ3) is 3.68. The van der Waals surface area contributed by atoms with Crippen LogP contribution in [0.25, 0.3) is 0 Å². The molecule has 2 aromatic rings. The maximum atomic E-state index is 12.9. The summed E-state index contributed by atoms with van der Waals surface area (Å²) in [5, 5.41) is 9.23. The lowest BCUT2D eigenvalue weighted by atomic mass is 9.86. The van der Waals surface area contributed by atoms with E-state index in [9.17, 15) is 14.7 Å². The lowest BCUT2D eigenvalue weighted by Gasteiger charge is -2.39. The van der Waals surface area contributed by atoms with E-state index < -0.39 is 11.6 Å². The Bertz CT molecular complexity index is 892. The van der Waals surface area contributed by atoms with E-state index in [-0.39, 0.29) is 16.9 Å². The van der Waals surface area contributed by atoms with Gasteiger partial charge in [-0.15, -0.1) is 0 Å². The SMILES string of the molecule is CC1(C)Oc2cc(C(=O)O)ccc2N(Cc2ccc(C(C)(C)C)cc2)C1=O. The van der Waals surface area contributed by atoms with Crippen LogP contribution in [0.5, 0.6) is 5.75 Å². The van der Waals surface area contributed by atoms with E-state index in [1.807, 2.05) is 12.1 Å². The molecule has 1 amide bonds. The number of ether oxygens (including phenoxy) is 1. The number of carboxylic acids is 1. The smallest absolute Gasteiger partial charge is 0.335 e. The Morgan fingerprint density at radius 1 is 1.11 bits per heavy atom. The predicted molar refractivity (Wildman–Crippen MR) is 104 cm³/mol. The monoisotopic (exact) mass is 367 g/mol. The molecule has 0 aromatic heterocycles. The zero-order chi connectivity index (χ0) is 20.0. The number of amides is 1. The Morgan fingerprint density at radius 2 is 1.74 bits per heavy atom. The van der Waals surface area contributed by atoms with Gasteiger partial charge in [0.15, 0.2) is 5.60 Å². The first-order valence-electron chi connectivity index (χ1n) is 8.97. The van der Waals surface area contributed by atoms with Crippen molar-refractivity contribution in [3.63, 3.8) is 0 Å². The van der Waals surface area contributed by atoms with Crippen LogP contribution in [0.3, 0.4) is 0 Å². The molecule has 0 bridgehead atoms. The van der Waals surface area contributed by atoms with Gasteiger partial charge in [0.05, 0.1) is 17.8 Å². The van der Waals surface area contributed by atoms with Gasteiger partial charge in [-0.1, -0.05) is 45.0 Å². The van der Waals surface area contributed by atoms with Crippen LogP contribution in [0.1, 0.15) is 56.1 Å². The molecular weight excluding hydrogens is 342 g/mol. The predicted octanol–water partition coefficient (Wildman–Crippen LogP) is 4.39. The summed E-state index contributed by atoms with van der Waals surface area (Å²) in [7, 11) is 0. The molecule has 5 heteroatoms. The van der Waals surface area contributed by atoms with Crippen LogP contribution in [-0.2, 0) is 16.8 Å². The standard InChI is InChI=1S/C22H25NO4/c1-21(2,3)16-9-6-14(7-10-16)13-23-17-11-8-15(19(24)25)12-18(17)27-22(4,5)20(23)26/h6-12H,13H2,1-5H3,(H,24,25). The number of carbonyl (C=O) groups is 2. The molecule has 1 aliphatic rings. The van der Waals surface area contributed by atoms with Gasteiger partial charge >= 0.3 is 5.97 Å². The summed E-state index contributed by atoms with van der Waals surface area (Å²) in [6.07, 6.45) is 0. The van der Waals surface area contributed by atoms with Crippen molar-refractivity contribution in [1.82, 2.24) is 0 Å². The molecule has 0 saturated carbocycles. The van der Waals surface area contributed by atoms with Crippen LogP contribution in [-0.4, -0.2) is 22.6 Å². The molecule has 0 atom stereocenters. The topological polar surface area (TPSA) is 66.8 Å². The minimum atomic E-state index is -1.06. The van der Waals surface area contributed by atoms with Gasteiger partial charge in [-0.25, -0.2) is 4.79 Å². The van der Waals surface area contributed by atoms with Crippen LogP contribution in [0, 0.1) is 0 Å². The van der Waals surface area contributed by atoms with E-state index in [2.05, 4.69) is 32.9 Å². The van der Waals surface area contributed by atoms with Crippen LogP contribution >= 0.6 is 0 Å². The minimum Gasteiger partial charge on any atom is -0.478 e. The van der Waals surface area contributed by atoms with Gasteiger partial charge in [-0.3, -0.25) is 4.79 Å². The minimum absolute atomic E-state index is 0.0646. The maximum absolute atomic E-state index is 12.9. The Balaban J connectivity index is 1.97. The molecular formula is C22H25NO4. The number of nitrogens with zero attached hydrogens (tertiary/aromatic N) is 1. The molecule has 2 aromatic carbocycles. The van der Waals surface area contributed by atoms with Gasteiger partial charge in [0.2, 0.25) is 0 Å². The lowest BCUT2D eigenvalue weighted by Crippen LogP contribution is -2.52. The average Bonchev–Trinajstić information content (AvgIpc) is 2.57. The van der Waals surface area contributed by atoms with Crippen molar-refractivity contribution in [3.05, 3.63) is 59.2 Å². The van der Waals surface area contributed by atoms with Crippen molar-refractivity contribution in [1.29, 1.82) is 0 Å². The number of rotatable bonds is 3. The number of anilines is 1. The Hall–Kier alpha value is -2.82.